The molecule has 1 aromatic heterocycles. The van der Waals surface area contributed by atoms with Crippen LogP contribution in [0.3, 0.4) is 0 Å². The molecule has 1 N–H and O–H groups in total. The normalized spacial score (nSPS) is 17.1. The number of anilines is 1. The molecule has 1 aromatic carbocycles. The minimum absolute atomic E-state index is 0.0877. The van der Waals surface area contributed by atoms with Crippen molar-refractivity contribution < 1.29 is 23.0 Å². The first-order valence-electron chi connectivity index (χ1n) is 8.03. The van der Waals surface area contributed by atoms with E-state index >= 15 is 0 Å². The third-order valence-corrected chi connectivity index (χ3v) is 4.46. The molecular weight excluding hydrogens is 351 g/mol. The molecule has 0 unspecified atom stereocenters. The van der Waals surface area contributed by atoms with Gasteiger partial charge in [-0.1, -0.05) is 12.1 Å². The van der Waals surface area contributed by atoms with Crippen molar-refractivity contribution in [3.8, 4) is 5.75 Å². The molecule has 2 aromatic rings. The molecule has 1 aliphatic rings. The highest BCUT2D eigenvalue weighted by Gasteiger charge is 2.42. The van der Waals surface area contributed by atoms with Crippen molar-refractivity contribution in [2.24, 2.45) is 0 Å². The van der Waals surface area contributed by atoms with Crippen molar-refractivity contribution in [3.05, 3.63) is 51.9 Å². The van der Waals surface area contributed by atoms with Gasteiger partial charge in [0.25, 0.3) is 5.56 Å². The number of aliphatic hydroxyl groups is 1. The predicted octanol–water partition coefficient (Wildman–Crippen LogP) is 1.89. The Hall–Kier alpha value is -2.55. The number of nitrogens with zero attached hydrogens (tertiary/aromatic N) is 3. The number of hydrogen-bond donors (Lipinski definition) is 1. The van der Waals surface area contributed by atoms with E-state index in [0.29, 0.717) is 24.3 Å². The molecule has 0 aliphatic carbocycles. The van der Waals surface area contributed by atoms with Crippen LogP contribution in [0.2, 0.25) is 0 Å². The summed E-state index contributed by atoms with van der Waals surface area (Å²) in [6.07, 6.45) is -3.19. The van der Waals surface area contributed by atoms with Crippen LogP contribution in [0.25, 0.3) is 0 Å². The van der Waals surface area contributed by atoms with Crippen LogP contribution in [0.5, 0.6) is 5.75 Å². The highest BCUT2D eigenvalue weighted by Crippen LogP contribution is 2.37. The van der Waals surface area contributed by atoms with E-state index in [0.717, 1.165) is 10.9 Å². The molecule has 0 amide bonds. The summed E-state index contributed by atoms with van der Waals surface area (Å²) in [5.41, 5.74) is -2.11. The third-order valence-electron chi connectivity index (χ3n) is 4.46. The van der Waals surface area contributed by atoms with Crippen LogP contribution < -0.4 is 15.2 Å². The van der Waals surface area contributed by atoms with Gasteiger partial charge in [0.1, 0.15) is 11.3 Å². The third kappa shape index (κ3) is 3.39. The monoisotopic (exact) mass is 369 g/mol. The van der Waals surface area contributed by atoms with Crippen molar-refractivity contribution in [3.63, 3.8) is 0 Å². The molecule has 26 heavy (non-hydrogen) atoms. The van der Waals surface area contributed by atoms with E-state index in [9.17, 15) is 23.1 Å². The topological polar surface area (TPSA) is 67.6 Å². The predicted molar refractivity (Wildman–Crippen MR) is 88.4 cm³/mol. The Morgan fingerprint density at radius 3 is 2.50 bits per heavy atom. The van der Waals surface area contributed by atoms with Crippen LogP contribution in [-0.2, 0) is 12.7 Å². The van der Waals surface area contributed by atoms with Crippen molar-refractivity contribution in [2.45, 2.75) is 25.2 Å². The van der Waals surface area contributed by atoms with E-state index in [-0.39, 0.29) is 18.8 Å². The molecule has 0 spiro atoms. The summed E-state index contributed by atoms with van der Waals surface area (Å²) in [6.45, 7) is -0.0141. The van der Waals surface area contributed by atoms with E-state index in [4.69, 9.17) is 4.74 Å². The lowest BCUT2D eigenvalue weighted by Crippen LogP contribution is -2.51. The second-order valence-corrected chi connectivity index (χ2v) is 6.03. The Labute approximate surface area is 147 Å². The van der Waals surface area contributed by atoms with Gasteiger partial charge in [0.2, 0.25) is 0 Å². The number of methoxy groups -OCH3 is 1. The van der Waals surface area contributed by atoms with Crippen LogP contribution in [0.1, 0.15) is 17.5 Å². The maximum absolute atomic E-state index is 13.5. The minimum Gasteiger partial charge on any atom is -0.497 e. The fourth-order valence-electron chi connectivity index (χ4n) is 2.93. The number of rotatable bonds is 5. The Kier molecular flexibility index (Phi) is 4.90. The number of ether oxygens (including phenoxy) is 1. The molecule has 140 valence electrons. The first-order chi connectivity index (χ1) is 12.3. The number of benzene rings is 1. The van der Waals surface area contributed by atoms with Crippen molar-refractivity contribution in [1.29, 1.82) is 0 Å². The van der Waals surface area contributed by atoms with Gasteiger partial charge in [-0.2, -0.15) is 18.3 Å². The maximum Gasteiger partial charge on any atom is 0.423 e. The van der Waals surface area contributed by atoms with Crippen molar-refractivity contribution in [1.82, 2.24) is 9.78 Å². The summed E-state index contributed by atoms with van der Waals surface area (Å²) < 4.78 is 46.4. The summed E-state index contributed by atoms with van der Waals surface area (Å²) in [5, 5.41) is 13.1. The van der Waals surface area contributed by atoms with Crippen LogP contribution in [0.4, 0.5) is 18.9 Å². The fraction of sp³-hybridized carbons (Fsp3) is 0.412. The molecule has 0 radical (unpaired) electrons. The molecule has 1 saturated heterocycles. The molecule has 0 bridgehead atoms. The number of aliphatic hydroxyl groups excluding tert-OH is 1. The lowest BCUT2D eigenvalue weighted by molar-refractivity contribution is -0.138. The molecule has 9 heteroatoms. The summed E-state index contributed by atoms with van der Waals surface area (Å²) >= 11 is 0. The molecular formula is C17H18F3N3O3. The average Bonchev–Trinajstić information content (AvgIpc) is 2.56. The largest absolute Gasteiger partial charge is 0.497 e. The Balaban J connectivity index is 1.98. The van der Waals surface area contributed by atoms with Gasteiger partial charge in [0.15, 0.2) is 0 Å². The zero-order valence-electron chi connectivity index (χ0n) is 14.0. The SMILES string of the molecule is COc1ccc(Cn2ncc(N3CC[C@H]3CO)c(C(F)(F)F)c2=O)cc1. The summed E-state index contributed by atoms with van der Waals surface area (Å²) in [6, 6.07) is 6.21. The van der Waals surface area contributed by atoms with Crippen LogP contribution in [0, 0.1) is 0 Å². The highest BCUT2D eigenvalue weighted by molar-refractivity contribution is 5.55. The zero-order chi connectivity index (χ0) is 18.9. The van der Waals surface area contributed by atoms with Gasteiger partial charge in [-0.05, 0) is 24.1 Å². The Morgan fingerprint density at radius 2 is 2.00 bits per heavy atom. The standard InChI is InChI=1S/C17H18F3N3O3/c1-26-13-4-2-11(3-5-13)9-23-16(25)15(17(18,19)20)14(8-21-23)22-7-6-12(22)10-24/h2-5,8,12,24H,6-7,9-10H2,1H3/t12-/m0/s1. The van der Waals surface area contributed by atoms with E-state index in [2.05, 4.69) is 5.10 Å². The average molecular weight is 369 g/mol. The maximum atomic E-state index is 13.5. The quantitative estimate of drug-likeness (QED) is 0.872. The molecule has 3 rings (SSSR count). The van der Waals surface area contributed by atoms with Gasteiger partial charge in [-0.3, -0.25) is 4.79 Å². The number of aromatic nitrogens is 2. The van der Waals surface area contributed by atoms with Crippen molar-refractivity contribution in [2.75, 3.05) is 25.2 Å². The summed E-state index contributed by atoms with van der Waals surface area (Å²) in [7, 11) is 1.50. The zero-order valence-corrected chi connectivity index (χ0v) is 14.0. The Bertz CT molecular complexity index is 832. The van der Waals surface area contributed by atoms with E-state index in [1.54, 1.807) is 24.3 Å². The molecule has 1 aliphatic heterocycles. The van der Waals surface area contributed by atoms with Gasteiger partial charge in [0.05, 0.1) is 38.2 Å². The first-order valence-corrected chi connectivity index (χ1v) is 8.03. The number of halogens is 3. The smallest absolute Gasteiger partial charge is 0.423 e. The van der Waals surface area contributed by atoms with Gasteiger partial charge in [0, 0.05) is 6.54 Å². The van der Waals surface area contributed by atoms with Crippen LogP contribution in [-0.4, -0.2) is 41.2 Å². The second kappa shape index (κ2) is 6.99. The number of alkyl halides is 3. The van der Waals surface area contributed by atoms with E-state index in [1.807, 2.05) is 0 Å². The summed E-state index contributed by atoms with van der Waals surface area (Å²) in [5.74, 6) is 0.605. The molecule has 2 heterocycles. The first kappa shape index (κ1) is 18.2. The van der Waals surface area contributed by atoms with Gasteiger partial charge in [-0.25, -0.2) is 4.68 Å². The number of hydrogen-bond acceptors (Lipinski definition) is 5. The molecule has 1 atom stereocenters. The van der Waals surface area contributed by atoms with Gasteiger partial charge in [-0.15, -0.1) is 0 Å². The molecule has 0 saturated carbocycles. The van der Waals surface area contributed by atoms with Crippen LogP contribution in [0.15, 0.2) is 35.3 Å². The van der Waals surface area contributed by atoms with Gasteiger partial charge < -0.3 is 14.7 Å². The molecule has 1 fully saturated rings. The van der Waals surface area contributed by atoms with Crippen molar-refractivity contribution >= 4 is 5.69 Å². The van der Waals surface area contributed by atoms with E-state index in [1.165, 1.54) is 12.0 Å². The molecule has 6 nitrogen and oxygen atoms in total. The van der Waals surface area contributed by atoms with E-state index < -0.39 is 23.3 Å². The van der Waals surface area contributed by atoms with Gasteiger partial charge >= 0.3 is 6.18 Å². The highest BCUT2D eigenvalue weighted by atomic mass is 19.4. The second-order valence-electron chi connectivity index (χ2n) is 6.03. The fourth-order valence-corrected chi connectivity index (χ4v) is 2.93. The Morgan fingerprint density at radius 1 is 1.31 bits per heavy atom. The summed E-state index contributed by atoms with van der Waals surface area (Å²) in [4.78, 5) is 13.8. The minimum atomic E-state index is -4.81. The van der Waals surface area contributed by atoms with Crippen LogP contribution >= 0.6 is 0 Å². The lowest BCUT2D eigenvalue weighted by Gasteiger charge is -2.42. The lowest BCUT2D eigenvalue weighted by atomic mass is 10.0.